The SMILES string of the molecule is Cn1cccc1C(=O)CN1C(=O)c2ccc(Br)cc2C1=O. The molecule has 2 aromatic rings. The molecule has 0 saturated carbocycles. The fourth-order valence-electron chi connectivity index (χ4n) is 2.38. The molecule has 0 aliphatic carbocycles. The van der Waals surface area contributed by atoms with E-state index in [0.717, 1.165) is 9.37 Å². The van der Waals surface area contributed by atoms with E-state index in [1.54, 1.807) is 48.1 Å². The molecular formula is C15H11BrN2O3. The quantitative estimate of drug-likeness (QED) is 0.632. The molecule has 0 N–H and O–H groups in total. The first-order chi connectivity index (χ1) is 9.99. The molecule has 5 nitrogen and oxygen atoms in total. The van der Waals surface area contributed by atoms with Crippen LogP contribution in [0.3, 0.4) is 0 Å². The summed E-state index contributed by atoms with van der Waals surface area (Å²) in [6.45, 7) is -0.248. The topological polar surface area (TPSA) is 59.4 Å². The monoisotopic (exact) mass is 346 g/mol. The lowest BCUT2D eigenvalue weighted by Gasteiger charge is -2.12. The minimum absolute atomic E-state index is 0.248. The molecule has 2 amide bonds. The van der Waals surface area contributed by atoms with Crippen molar-refractivity contribution in [1.29, 1.82) is 0 Å². The largest absolute Gasteiger partial charge is 0.348 e. The second-order valence-electron chi connectivity index (χ2n) is 4.81. The van der Waals surface area contributed by atoms with Crippen LogP contribution in [0, 0.1) is 0 Å². The van der Waals surface area contributed by atoms with E-state index >= 15 is 0 Å². The van der Waals surface area contributed by atoms with E-state index in [9.17, 15) is 14.4 Å². The van der Waals surface area contributed by atoms with Crippen molar-refractivity contribution < 1.29 is 14.4 Å². The summed E-state index contributed by atoms with van der Waals surface area (Å²) >= 11 is 3.27. The predicted octanol–water partition coefficient (Wildman–Crippen LogP) is 2.27. The van der Waals surface area contributed by atoms with Crippen molar-refractivity contribution in [2.75, 3.05) is 6.54 Å². The molecule has 2 heterocycles. The van der Waals surface area contributed by atoms with Gasteiger partial charge in [0.1, 0.15) is 0 Å². The highest BCUT2D eigenvalue weighted by Crippen LogP contribution is 2.26. The zero-order valence-corrected chi connectivity index (χ0v) is 12.8. The van der Waals surface area contributed by atoms with Gasteiger partial charge < -0.3 is 4.57 Å². The summed E-state index contributed by atoms with van der Waals surface area (Å²) in [6.07, 6.45) is 1.74. The second kappa shape index (κ2) is 4.96. The van der Waals surface area contributed by atoms with Gasteiger partial charge in [-0.2, -0.15) is 0 Å². The zero-order valence-electron chi connectivity index (χ0n) is 11.2. The summed E-state index contributed by atoms with van der Waals surface area (Å²) in [5.41, 5.74) is 1.13. The van der Waals surface area contributed by atoms with Crippen molar-refractivity contribution in [3.05, 3.63) is 57.8 Å². The van der Waals surface area contributed by atoms with E-state index in [1.165, 1.54) is 0 Å². The van der Waals surface area contributed by atoms with Crippen LogP contribution in [0.15, 0.2) is 41.0 Å². The minimum Gasteiger partial charge on any atom is -0.348 e. The van der Waals surface area contributed by atoms with E-state index < -0.39 is 11.8 Å². The molecule has 0 atom stereocenters. The Labute approximate surface area is 129 Å². The lowest BCUT2D eigenvalue weighted by molar-refractivity contribution is 0.0622. The fourth-order valence-corrected chi connectivity index (χ4v) is 2.74. The van der Waals surface area contributed by atoms with Gasteiger partial charge in [-0.25, -0.2) is 0 Å². The van der Waals surface area contributed by atoms with Gasteiger partial charge in [0, 0.05) is 17.7 Å². The Balaban J connectivity index is 1.89. The third-order valence-corrected chi connectivity index (χ3v) is 3.96. The Bertz CT molecular complexity index is 779. The summed E-state index contributed by atoms with van der Waals surface area (Å²) in [6, 6.07) is 8.30. The molecule has 3 rings (SSSR count). The molecule has 6 heteroatoms. The third-order valence-electron chi connectivity index (χ3n) is 3.46. The molecule has 0 radical (unpaired) electrons. The van der Waals surface area contributed by atoms with Gasteiger partial charge in [-0.1, -0.05) is 15.9 Å². The molecule has 21 heavy (non-hydrogen) atoms. The number of ketones is 1. The number of amides is 2. The van der Waals surface area contributed by atoms with E-state index in [2.05, 4.69) is 15.9 Å². The number of fused-ring (bicyclic) bond motifs is 1. The Morgan fingerprint density at radius 3 is 2.52 bits per heavy atom. The number of aryl methyl sites for hydroxylation is 1. The minimum atomic E-state index is -0.432. The van der Waals surface area contributed by atoms with Crippen LogP contribution < -0.4 is 0 Å². The molecule has 1 aromatic heterocycles. The zero-order chi connectivity index (χ0) is 15.1. The molecule has 0 bridgehead atoms. The lowest BCUT2D eigenvalue weighted by atomic mass is 10.1. The summed E-state index contributed by atoms with van der Waals surface area (Å²) in [4.78, 5) is 37.7. The van der Waals surface area contributed by atoms with E-state index in [0.29, 0.717) is 16.8 Å². The predicted molar refractivity (Wildman–Crippen MR) is 79.3 cm³/mol. The van der Waals surface area contributed by atoms with Crippen LogP contribution in [-0.4, -0.2) is 33.6 Å². The Kier molecular flexibility index (Phi) is 3.25. The van der Waals surface area contributed by atoms with Gasteiger partial charge in [0.05, 0.1) is 23.4 Å². The molecule has 1 aliphatic heterocycles. The van der Waals surface area contributed by atoms with Crippen molar-refractivity contribution in [2.24, 2.45) is 7.05 Å². The fraction of sp³-hybridized carbons (Fsp3) is 0.133. The highest BCUT2D eigenvalue weighted by Gasteiger charge is 2.36. The van der Waals surface area contributed by atoms with Crippen LogP contribution >= 0.6 is 15.9 Å². The maximum absolute atomic E-state index is 12.3. The number of carbonyl (C=O) groups excluding carboxylic acids is 3. The van der Waals surface area contributed by atoms with Gasteiger partial charge in [0.2, 0.25) is 0 Å². The molecule has 0 spiro atoms. The molecule has 0 unspecified atom stereocenters. The molecule has 1 aliphatic rings. The average molecular weight is 347 g/mol. The van der Waals surface area contributed by atoms with Crippen molar-refractivity contribution >= 4 is 33.5 Å². The van der Waals surface area contributed by atoms with Crippen molar-refractivity contribution in [3.8, 4) is 0 Å². The highest BCUT2D eigenvalue weighted by molar-refractivity contribution is 9.10. The number of benzene rings is 1. The Morgan fingerprint density at radius 1 is 1.14 bits per heavy atom. The van der Waals surface area contributed by atoms with Crippen LogP contribution in [0.2, 0.25) is 0 Å². The normalized spacial score (nSPS) is 13.7. The van der Waals surface area contributed by atoms with Gasteiger partial charge in [-0.3, -0.25) is 19.3 Å². The number of hydrogen-bond acceptors (Lipinski definition) is 3. The van der Waals surface area contributed by atoms with Gasteiger partial charge >= 0.3 is 0 Å². The maximum Gasteiger partial charge on any atom is 0.262 e. The molecule has 106 valence electrons. The van der Waals surface area contributed by atoms with Gasteiger partial charge in [0.25, 0.3) is 11.8 Å². The average Bonchev–Trinajstić information content (AvgIpc) is 2.97. The van der Waals surface area contributed by atoms with Gasteiger partial charge in [-0.15, -0.1) is 0 Å². The summed E-state index contributed by atoms with van der Waals surface area (Å²) in [5, 5.41) is 0. The lowest BCUT2D eigenvalue weighted by Crippen LogP contribution is -2.35. The molecule has 0 fully saturated rings. The second-order valence-corrected chi connectivity index (χ2v) is 5.73. The summed E-state index contributed by atoms with van der Waals surface area (Å²) in [5.74, 6) is -1.13. The number of rotatable bonds is 3. The number of Topliss-reactive ketones (excluding diaryl/α,β-unsaturated/α-hetero) is 1. The van der Waals surface area contributed by atoms with Crippen LogP contribution in [0.4, 0.5) is 0 Å². The Morgan fingerprint density at radius 2 is 1.86 bits per heavy atom. The first kappa shape index (κ1) is 13.8. The van der Waals surface area contributed by atoms with Gasteiger partial charge in [-0.05, 0) is 30.3 Å². The van der Waals surface area contributed by atoms with Crippen molar-refractivity contribution in [3.63, 3.8) is 0 Å². The molecule has 0 saturated heterocycles. The number of nitrogens with zero attached hydrogens (tertiary/aromatic N) is 2. The van der Waals surface area contributed by atoms with Crippen molar-refractivity contribution in [1.82, 2.24) is 9.47 Å². The highest BCUT2D eigenvalue weighted by atomic mass is 79.9. The number of aromatic nitrogens is 1. The van der Waals surface area contributed by atoms with Crippen LogP contribution in [0.5, 0.6) is 0 Å². The molecular weight excluding hydrogens is 336 g/mol. The smallest absolute Gasteiger partial charge is 0.262 e. The maximum atomic E-state index is 12.3. The van der Waals surface area contributed by atoms with Crippen molar-refractivity contribution in [2.45, 2.75) is 0 Å². The number of hydrogen-bond donors (Lipinski definition) is 0. The third kappa shape index (κ3) is 2.21. The summed E-state index contributed by atoms with van der Waals surface area (Å²) < 4.78 is 2.38. The van der Waals surface area contributed by atoms with E-state index in [1.807, 2.05) is 0 Å². The van der Waals surface area contributed by atoms with E-state index in [-0.39, 0.29) is 12.3 Å². The summed E-state index contributed by atoms with van der Waals surface area (Å²) in [7, 11) is 1.74. The number of halogens is 1. The van der Waals surface area contributed by atoms with Gasteiger partial charge in [0.15, 0.2) is 5.78 Å². The van der Waals surface area contributed by atoms with Crippen LogP contribution in [-0.2, 0) is 7.05 Å². The Hall–Kier alpha value is -2.21. The standard InChI is InChI=1S/C15H11BrN2O3/c1-17-6-2-3-12(17)13(19)8-18-14(20)10-5-4-9(16)7-11(10)15(18)21/h2-7H,8H2,1H3. The van der Waals surface area contributed by atoms with E-state index in [4.69, 9.17) is 0 Å². The van der Waals surface area contributed by atoms with Crippen LogP contribution in [0.1, 0.15) is 31.2 Å². The first-order valence-corrected chi connectivity index (χ1v) is 7.08. The van der Waals surface area contributed by atoms with Crippen LogP contribution in [0.25, 0.3) is 0 Å². The molecule has 1 aromatic carbocycles. The number of imide groups is 1. The first-order valence-electron chi connectivity index (χ1n) is 6.29. The number of carbonyl (C=O) groups is 3.